The quantitative estimate of drug-likeness (QED) is 0.770. The number of para-hydroxylation sites is 1. The van der Waals surface area contributed by atoms with Crippen molar-refractivity contribution in [1.82, 2.24) is 19.7 Å². The molecule has 1 aliphatic heterocycles. The molecule has 1 saturated carbocycles. The minimum atomic E-state index is -0.134. The van der Waals surface area contributed by atoms with E-state index in [-0.39, 0.29) is 11.2 Å². The van der Waals surface area contributed by atoms with Gasteiger partial charge in [0.1, 0.15) is 6.33 Å². The van der Waals surface area contributed by atoms with Gasteiger partial charge in [-0.15, -0.1) is 10.2 Å². The number of anilines is 1. The lowest BCUT2D eigenvalue weighted by atomic mass is 10.2. The fraction of sp³-hybridized carbons (Fsp3) is 0.500. The van der Waals surface area contributed by atoms with Gasteiger partial charge >= 0.3 is 0 Å². The number of rotatable bonds is 5. The lowest BCUT2D eigenvalue weighted by molar-refractivity contribution is -0.130. The summed E-state index contributed by atoms with van der Waals surface area (Å²) in [5.74, 6) is 0.197. The molecular weight excluding hydrogens is 334 g/mol. The highest BCUT2D eigenvalue weighted by molar-refractivity contribution is 8.00. The van der Waals surface area contributed by atoms with Gasteiger partial charge in [-0.1, -0.05) is 30.0 Å². The van der Waals surface area contributed by atoms with Crippen molar-refractivity contribution in [2.45, 2.75) is 36.2 Å². The highest BCUT2D eigenvalue weighted by atomic mass is 32.2. The van der Waals surface area contributed by atoms with E-state index in [1.807, 2.05) is 17.9 Å². The average Bonchev–Trinajstić information content (AvgIpc) is 3.41. The molecule has 0 unspecified atom stereocenters. The number of amides is 1. The molecule has 4 rings (SSSR count). The summed E-state index contributed by atoms with van der Waals surface area (Å²) in [6, 6.07) is 10.9. The van der Waals surface area contributed by atoms with Crippen molar-refractivity contribution in [2.75, 3.05) is 31.1 Å². The van der Waals surface area contributed by atoms with Gasteiger partial charge in [-0.05, 0) is 31.9 Å². The highest BCUT2D eigenvalue weighted by Crippen LogP contribution is 2.38. The van der Waals surface area contributed by atoms with E-state index >= 15 is 0 Å². The van der Waals surface area contributed by atoms with Crippen LogP contribution in [-0.2, 0) is 4.79 Å². The maximum Gasteiger partial charge on any atom is 0.236 e. The normalized spacial score (nSPS) is 19.1. The van der Waals surface area contributed by atoms with Crippen LogP contribution < -0.4 is 4.90 Å². The molecule has 0 spiro atoms. The van der Waals surface area contributed by atoms with Crippen LogP contribution in [-0.4, -0.2) is 57.0 Å². The maximum absolute atomic E-state index is 12.8. The molecule has 132 valence electrons. The summed E-state index contributed by atoms with van der Waals surface area (Å²) in [7, 11) is 0. The van der Waals surface area contributed by atoms with Gasteiger partial charge in [-0.3, -0.25) is 4.79 Å². The van der Waals surface area contributed by atoms with Crippen molar-refractivity contribution in [3.05, 3.63) is 36.7 Å². The van der Waals surface area contributed by atoms with E-state index in [1.54, 1.807) is 6.33 Å². The van der Waals surface area contributed by atoms with Gasteiger partial charge in [0.05, 0.1) is 5.25 Å². The third kappa shape index (κ3) is 3.66. The first kappa shape index (κ1) is 16.4. The van der Waals surface area contributed by atoms with E-state index in [9.17, 15) is 4.79 Å². The summed E-state index contributed by atoms with van der Waals surface area (Å²) in [5.41, 5.74) is 1.23. The molecule has 2 aromatic rings. The van der Waals surface area contributed by atoms with Crippen molar-refractivity contribution in [1.29, 1.82) is 0 Å². The molecule has 25 heavy (non-hydrogen) atoms. The molecule has 2 fully saturated rings. The van der Waals surface area contributed by atoms with Crippen molar-refractivity contribution in [3.8, 4) is 0 Å². The molecule has 0 radical (unpaired) electrons. The van der Waals surface area contributed by atoms with E-state index in [0.29, 0.717) is 6.04 Å². The molecular formula is C18H23N5OS. The van der Waals surface area contributed by atoms with E-state index < -0.39 is 0 Å². The fourth-order valence-electron chi connectivity index (χ4n) is 3.21. The van der Waals surface area contributed by atoms with Crippen LogP contribution in [0.2, 0.25) is 0 Å². The van der Waals surface area contributed by atoms with Crippen molar-refractivity contribution in [3.63, 3.8) is 0 Å². The van der Waals surface area contributed by atoms with Gasteiger partial charge in [0.25, 0.3) is 0 Å². The fourth-order valence-corrected chi connectivity index (χ4v) is 4.19. The monoisotopic (exact) mass is 357 g/mol. The maximum atomic E-state index is 12.8. The Morgan fingerprint density at radius 3 is 2.56 bits per heavy atom. The van der Waals surface area contributed by atoms with Crippen molar-refractivity contribution < 1.29 is 4.79 Å². The van der Waals surface area contributed by atoms with Crippen LogP contribution in [0.4, 0.5) is 5.69 Å². The van der Waals surface area contributed by atoms with E-state index in [4.69, 9.17) is 0 Å². The second-order valence-corrected chi connectivity index (χ2v) is 7.97. The zero-order chi connectivity index (χ0) is 17.2. The predicted molar refractivity (Wildman–Crippen MR) is 98.8 cm³/mol. The summed E-state index contributed by atoms with van der Waals surface area (Å²) in [5, 5.41) is 8.94. The molecule has 0 N–H and O–H groups in total. The second-order valence-electron chi connectivity index (χ2n) is 6.66. The third-order valence-corrected chi connectivity index (χ3v) is 5.88. The zero-order valence-corrected chi connectivity index (χ0v) is 15.2. The van der Waals surface area contributed by atoms with Gasteiger partial charge < -0.3 is 14.4 Å². The summed E-state index contributed by atoms with van der Waals surface area (Å²) in [6.45, 7) is 5.28. The van der Waals surface area contributed by atoms with Crippen LogP contribution in [0.25, 0.3) is 0 Å². The average molecular weight is 357 g/mol. The summed E-state index contributed by atoms with van der Waals surface area (Å²) < 4.78 is 2.11. The van der Waals surface area contributed by atoms with Crippen LogP contribution >= 0.6 is 11.8 Å². The number of benzene rings is 1. The lowest BCUT2D eigenvalue weighted by Gasteiger charge is -2.37. The Labute approximate surface area is 152 Å². The van der Waals surface area contributed by atoms with Gasteiger partial charge in [-0.2, -0.15) is 0 Å². The molecule has 1 aliphatic carbocycles. The predicted octanol–water partition coefficient (Wildman–Crippen LogP) is 2.44. The SMILES string of the molecule is C[C@H](Sc1nncn1C1CC1)C(=O)N1CCN(c2ccccc2)CC1. The number of hydrogen-bond donors (Lipinski definition) is 0. The number of carbonyl (C=O) groups excluding carboxylic acids is 1. The first-order valence-corrected chi connectivity index (χ1v) is 9.75. The molecule has 1 aromatic heterocycles. The van der Waals surface area contributed by atoms with Crippen LogP contribution in [0.15, 0.2) is 41.8 Å². The van der Waals surface area contributed by atoms with E-state index in [0.717, 1.165) is 31.3 Å². The Morgan fingerprint density at radius 1 is 1.16 bits per heavy atom. The first-order chi connectivity index (χ1) is 12.2. The number of hydrogen-bond acceptors (Lipinski definition) is 5. The van der Waals surface area contributed by atoms with E-state index in [2.05, 4.69) is 43.9 Å². The molecule has 1 amide bonds. The molecule has 1 aromatic carbocycles. The third-order valence-electron chi connectivity index (χ3n) is 4.82. The molecule has 6 nitrogen and oxygen atoms in total. The smallest absolute Gasteiger partial charge is 0.236 e. The number of piperazine rings is 1. The van der Waals surface area contributed by atoms with Crippen LogP contribution in [0.3, 0.4) is 0 Å². The van der Waals surface area contributed by atoms with Crippen LogP contribution in [0.5, 0.6) is 0 Å². The Morgan fingerprint density at radius 2 is 1.88 bits per heavy atom. The van der Waals surface area contributed by atoms with Crippen LogP contribution in [0.1, 0.15) is 25.8 Å². The Bertz CT molecular complexity index is 722. The van der Waals surface area contributed by atoms with E-state index in [1.165, 1.54) is 30.3 Å². The minimum absolute atomic E-state index is 0.134. The lowest BCUT2D eigenvalue weighted by Crippen LogP contribution is -2.50. The van der Waals surface area contributed by atoms with Gasteiger partial charge in [-0.25, -0.2) is 0 Å². The first-order valence-electron chi connectivity index (χ1n) is 8.87. The Balaban J connectivity index is 1.33. The number of carbonyl (C=O) groups is 1. The van der Waals surface area contributed by atoms with Gasteiger partial charge in [0.2, 0.25) is 5.91 Å². The summed E-state index contributed by atoms with van der Waals surface area (Å²) in [4.78, 5) is 17.1. The molecule has 2 aliphatic rings. The molecule has 1 saturated heterocycles. The standard InChI is InChI=1S/C18H23N5OS/c1-14(25-18-20-19-13-23(18)16-7-8-16)17(24)22-11-9-21(10-12-22)15-5-3-2-4-6-15/h2-6,13-14,16H,7-12H2,1H3/t14-/m0/s1. The van der Waals surface area contributed by atoms with Crippen LogP contribution in [0, 0.1) is 0 Å². The number of aromatic nitrogens is 3. The highest BCUT2D eigenvalue weighted by Gasteiger charge is 2.30. The minimum Gasteiger partial charge on any atom is -0.368 e. The van der Waals surface area contributed by atoms with Crippen molar-refractivity contribution >= 4 is 23.4 Å². The topological polar surface area (TPSA) is 54.3 Å². The Kier molecular flexibility index (Phi) is 4.65. The summed E-state index contributed by atoms with van der Waals surface area (Å²) >= 11 is 1.53. The van der Waals surface area contributed by atoms with Gasteiger partial charge in [0, 0.05) is 37.9 Å². The number of thioether (sulfide) groups is 1. The molecule has 2 heterocycles. The van der Waals surface area contributed by atoms with Gasteiger partial charge in [0.15, 0.2) is 5.16 Å². The Hall–Kier alpha value is -2.02. The zero-order valence-electron chi connectivity index (χ0n) is 14.4. The molecule has 1 atom stereocenters. The largest absolute Gasteiger partial charge is 0.368 e. The second kappa shape index (κ2) is 7.07. The summed E-state index contributed by atoms with van der Waals surface area (Å²) in [6.07, 6.45) is 4.17. The molecule has 0 bridgehead atoms. The molecule has 7 heteroatoms. The van der Waals surface area contributed by atoms with Crippen molar-refractivity contribution in [2.24, 2.45) is 0 Å². The number of nitrogens with zero attached hydrogens (tertiary/aromatic N) is 5.